The molecule has 39 N–H and O–H groups in total. The van der Waals surface area contributed by atoms with Crippen molar-refractivity contribution in [2.45, 2.75) is 201 Å². The number of aliphatic hydroxyl groups excluding tert-OH is 1. The zero-order valence-corrected chi connectivity index (χ0v) is 62.8. The van der Waals surface area contributed by atoms with Crippen LogP contribution in [0.4, 0.5) is 0 Å². The highest BCUT2D eigenvalue weighted by molar-refractivity contribution is 7.98. The van der Waals surface area contributed by atoms with Crippen molar-refractivity contribution in [1.29, 1.82) is 0 Å². The quantitative estimate of drug-likeness (QED) is 0.0166. The predicted octanol–water partition coefficient (Wildman–Crippen LogP) is -8.42. The lowest BCUT2D eigenvalue weighted by atomic mass is 10.0. The number of carbonyl (C=O) groups excluding carboxylic acids is 11. The van der Waals surface area contributed by atoms with Crippen LogP contribution in [-0.4, -0.2) is 241 Å². The van der Waals surface area contributed by atoms with Gasteiger partial charge in [0.2, 0.25) is 65.0 Å². The summed E-state index contributed by atoms with van der Waals surface area (Å²) in [6.07, 6.45) is 4.25. The van der Waals surface area contributed by atoms with E-state index in [4.69, 9.17) is 74.5 Å². The van der Waals surface area contributed by atoms with Crippen LogP contribution < -0.4 is 128 Å². The van der Waals surface area contributed by atoms with Crippen molar-refractivity contribution in [3.8, 4) is 0 Å². The number of aromatic nitrogens is 1. The number of carboxylic acids is 1. The predicted molar refractivity (Wildman–Crippen MR) is 414 cm³/mol. The number of primary amides is 1. The number of hydrogen-bond acceptors (Lipinski definition) is 22. The molecule has 109 heavy (non-hydrogen) atoms. The summed E-state index contributed by atoms with van der Waals surface area (Å²) in [6, 6.07) is -9.27. The van der Waals surface area contributed by atoms with Crippen molar-refractivity contribution >= 4 is 117 Å². The maximum Gasteiger partial charge on any atom is 0.326 e. The van der Waals surface area contributed by atoms with Crippen molar-refractivity contribution in [3.05, 3.63) is 36.0 Å². The number of unbranched alkanes of at least 4 members (excludes halogenated alkanes) is 3. The van der Waals surface area contributed by atoms with E-state index in [9.17, 15) is 58.2 Å². The molecule has 0 spiro atoms. The molecule has 612 valence electrons. The second-order valence-electron chi connectivity index (χ2n) is 25.7. The van der Waals surface area contributed by atoms with Gasteiger partial charge in [-0.2, -0.15) is 11.8 Å². The Kier molecular flexibility index (Phi) is 46.4. The Morgan fingerprint density at radius 1 is 0.404 bits per heavy atom. The summed E-state index contributed by atoms with van der Waals surface area (Å²) in [5.74, 6) is -12.5. The van der Waals surface area contributed by atoms with Crippen LogP contribution in [0.3, 0.4) is 0 Å². The fraction of sp³-hybridized carbons (Fsp3) is 0.636. The number of fused-ring (bicyclic) bond motifs is 1. The van der Waals surface area contributed by atoms with Crippen LogP contribution in [0.5, 0.6) is 0 Å². The third kappa shape index (κ3) is 38.8. The number of H-pyrrole nitrogens is 1. The van der Waals surface area contributed by atoms with Gasteiger partial charge in [-0.3, -0.25) is 72.7 Å². The number of aromatic amines is 1. The van der Waals surface area contributed by atoms with E-state index < -0.39 is 157 Å². The SMILES string of the molecule is CSCC[C@H](NC(=O)[C@H](CCCN=C(N)N)NC(=O)[C@H](Cc1c[nH]c2ccccc12)NC(=O)[C@H](CCC(N)=O)NC(=O)[C@H](CCCN=C(N)N)NC(=O)[C@H](CCCN=C(N)N)NC(=O)[C@H](CCCN=C(N)N)NC(=O)[C@H](CO)NC(=O)[C@@H](N)CCCCN)C(=O)N[C@@H](CCCCN)C(=O)N[C@@H](CCCCN)C(=O)O. The van der Waals surface area contributed by atoms with E-state index in [0.717, 1.165) is 0 Å². The highest BCUT2D eigenvalue weighted by atomic mass is 32.2. The molecule has 0 fully saturated rings. The van der Waals surface area contributed by atoms with Gasteiger partial charge >= 0.3 is 5.97 Å². The fourth-order valence-corrected chi connectivity index (χ4v) is 11.4. The Bertz CT molecular complexity index is 3350. The van der Waals surface area contributed by atoms with E-state index in [0.29, 0.717) is 73.8 Å². The lowest BCUT2D eigenvalue weighted by Gasteiger charge is -2.28. The van der Waals surface area contributed by atoms with E-state index in [1.165, 1.54) is 11.8 Å². The average molecular weight is 1560 g/mol. The molecule has 0 bridgehead atoms. The number of aliphatic imine (C=N–C) groups is 4. The number of nitrogens with one attached hydrogen (secondary N) is 11. The lowest BCUT2D eigenvalue weighted by molar-refractivity contribution is -0.142. The first kappa shape index (κ1) is 94.7. The molecular formula is C66H118N28O14S. The summed E-state index contributed by atoms with van der Waals surface area (Å²) in [4.78, 5) is 188. The summed E-state index contributed by atoms with van der Waals surface area (Å²) < 4.78 is 0. The molecule has 1 aromatic carbocycles. The number of benzene rings is 1. The molecule has 11 amide bonds. The minimum absolute atomic E-state index is 0.00629. The summed E-state index contributed by atoms with van der Waals surface area (Å²) in [5.41, 5.74) is 74.5. The van der Waals surface area contributed by atoms with Gasteiger partial charge in [-0.15, -0.1) is 0 Å². The number of guanidine groups is 4. The second kappa shape index (κ2) is 53.4. The summed E-state index contributed by atoms with van der Waals surface area (Å²) in [5, 5.41) is 46.8. The van der Waals surface area contributed by atoms with Gasteiger partial charge in [-0.05, 0) is 159 Å². The van der Waals surface area contributed by atoms with Gasteiger partial charge in [-0.25, -0.2) is 4.79 Å². The first-order chi connectivity index (χ1) is 51.9. The monoisotopic (exact) mass is 1560 g/mol. The molecule has 0 saturated heterocycles. The van der Waals surface area contributed by atoms with Gasteiger partial charge in [0.05, 0.1) is 12.6 Å². The number of thioether (sulfide) groups is 1. The number of nitrogens with two attached hydrogens (primary N) is 13. The third-order valence-electron chi connectivity index (χ3n) is 16.9. The van der Waals surface area contributed by atoms with Gasteiger partial charge in [0.15, 0.2) is 23.8 Å². The molecule has 0 unspecified atom stereocenters. The molecule has 2 rings (SSSR count). The Morgan fingerprint density at radius 2 is 0.716 bits per heavy atom. The molecule has 0 saturated carbocycles. The van der Waals surface area contributed by atoms with Crippen LogP contribution in [0.1, 0.15) is 134 Å². The van der Waals surface area contributed by atoms with Gasteiger partial charge in [0, 0.05) is 56.1 Å². The van der Waals surface area contributed by atoms with Gasteiger partial charge in [0.1, 0.15) is 60.4 Å². The minimum Gasteiger partial charge on any atom is -0.480 e. The molecule has 1 heterocycles. The molecule has 0 radical (unpaired) electrons. The van der Waals surface area contributed by atoms with E-state index in [-0.39, 0.29) is 140 Å². The summed E-state index contributed by atoms with van der Waals surface area (Å²) >= 11 is 1.33. The van der Waals surface area contributed by atoms with Crippen LogP contribution >= 0.6 is 11.8 Å². The Morgan fingerprint density at radius 3 is 1.07 bits per heavy atom. The minimum atomic E-state index is -1.74. The number of nitrogens with zero attached hydrogens (tertiary/aromatic N) is 4. The topological polar surface area (TPSA) is 769 Å². The molecule has 0 aliphatic carbocycles. The zero-order chi connectivity index (χ0) is 81.4. The second-order valence-corrected chi connectivity index (χ2v) is 26.7. The molecule has 11 atom stereocenters. The molecular weight excluding hydrogens is 1440 g/mol. The highest BCUT2D eigenvalue weighted by Crippen LogP contribution is 2.20. The van der Waals surface area contributed by atoms with Crippen molar-refractivity contribution in [3.63, 3.8) is 0 Å². The van der Waals surface area contributed by atoms with Crippen LogP contribution in [0, 0.1) is 0 Å². The van der Waals surface area contributed by atoms with Crippen molar-refractivity contribution < 1.29 is 67.7 Å². The number of aliphatic hydroxyl groups is 1. The molecule has 1 aromatic heterocycles. The van der Waals surface area contributed by atoms with Crippen LogP contribution in [-0.2, 0) is 64.0 Å². The molecule has 0 aliphatic heterocycles. The maximum absolute atomic E-state index is 15.2. The molecule has 0 aliphatic rings. The number of para-hydroxylation sites is 1. The van der Waals surface area contributed by atoms with Crippen LogP contribution in [0.25, 0.3) is 10.9 Å². The molecule has 2 aromatic rings. The van der Waals surface area contributed by atoms with Crippen LogP contribution in [0.15, 0.2) is 50.4 Å². The highest BCUT2D eigenvalue weighted by Gasteiger charge is 2.37. The Balaban J connectivity index is 2.78. The maximum atomic E-state index is 15.2. The van der Waals surface area contributed by atoms with E-state index in [1.54, 1.807) is 36.7 Å². The normalized spacial score (nSPS) is 14.0. The zero-order valence-electron chi connectivity index (χ0n) is 61.9. The number of carboxylic acid groups (broad SMARTS) is 1. The first-order valence-corrected chi connectivity index (χ1v) is 37.6. The van der Waals surface area contributed by atoms with Crippen molar-refractivity contribution in [2.24, 2.45) is 94.5 Å². The standard InChI is InChI=1S/C66H118N28O14S/c1-109-33-25-47(59(104)85-41(17-5-8-27-68)57(102)92-48(62(107)108)18-6-9-28-69)91-56(101)44(21-12-31-82-65(76)77)88-60(105)49(34-37-35-84-40-16-3-2-14-38(37)40)93-58(103)46(23-24-51(71)96)90-55(100)43(20-11-30-81-64(74)75)87-53(98)42(19-10-29-80-63(72)73)86-54(99)45(22-13-32-83-66(78)79)89-61(106)50(36-95)94-52(97)39(70)15-4-7-26-67/h2-3,14,16,35,39,41-50,84,95H,4-13,15,17-34,36,67-70H2,1H3,(H2,71,96)(H,85,104)(H,86,99)(H,87,98)(H,88,105)(H,89,106)(H,90,100)(H,91,101)(H,92,102)(H,93,103)(H,94,97)(H,107,108)(H4,72,73,80)(H4,74,75,81)(H4,76,77,82)(H4,78,79,83)/t39-,41-,42-,43-,44-,45-,46-,47-,48-,49-,50-/m0/s1. The van der Waals surface area contributed by atoms with E-state index in [1.807, 2.05) is 0 Å². The number of aliphatic carboxylic acids is 1. The average Bonchev–Trinajstić information content (AvgIpc) is 1.77. The third-order valence-corrected chi connectivity index (χ3v) is 17.5. The van der Waals surface area contributed by atoms with Gasteiger partial charge < -0.3 is 143 Å². The lowest BCUT2D eigenvalue weighted by Crippen LogP contribution is -2.61. The van der Waals surface area contributed by atoms with Gasteiger partial charge in [0.25, 0.3) is 0 Å². The van der Waals surface area contributed by atoms with Crippen molar-refractivity contribution in [2.75, 3.05) is 64.4 Å². The van der Waals surface area contributed by atoms with Gasteiger partial charge in [-0.1, -0.05) is 24.6 Å². The number of carbonyl (C=O) groups is 12. The molecule has 42 nitrogen and oxygen atoms in total. The largest absolute Gasteiger partial charge is 0.480 e. The van der Waals surface area contributed by atoms with Crippen LogP contribution in [0.2, 0.25) is 0 Å². The fourth-order valence-electron chi connectivity index (χ4n) is 11.0. The van der Waals surface area contributed by atoms with E-state index >= 15 is 9.59 Å². The summed E-state index contributed by atoms with van der Waals surface area (Å²) in [6.45, 7) is -0.306. The first-order valence-electron chi connectivity index (χ1n) is 36.2. The van der Waals surface area contributed by atoms with Crippen molar-refractivity contribution in [1.82, 2.24) is 58.2 Å². The molecule has 43 heteroatoms. The Hall–Kier alpha value is -10.4. The number of hydrogen-bond donors (Lipinski definition) is 26. The Labute approximate surface area is 637 Å². The van der Waals surface area contributed by atoms with E-state index in [2.05, 4.69) is 78.1 Å². The number of amides is 11. The number of rotatable bonds is 58. The summed E-state index contributed by atoms with van der Waals surface area (Å²) in [7, 11) is 0. The smallest absolute Gasteiger partial charge is 0.326 e.